The first-order valence-electron chi connectivity index (χ1n) is 4.89. The van der Waals surface area contributed by atoms with Crippen LogP contribution in [0.3, 0.4) is 0 Å². The van der Waals surface area contributed by atoms with E-state index in [1.807, 2.05) is 6.92 Å². The second-order valence-electron chi connectivity index (χ2n) is 3.55. The van der Waals surface area contributed by atoms with E-state index < -0.39 is 30.7 Å². The fourth-order valence-electron chi connectivity index (χ4n) is 1.39. The molecule has 0 radical (unpaired) electrons. The van der Waals surface area contributed by atoms with E-state index in [0.29, 0.717) is 6.61 Å². The van der Waals surface area contributed by atoms with Gasteiger partial charge in [-0.3, -0.25) is 0 Å². The van der Waals surface area contributed by atoms with Crippen LogP contribution in [0, 0.1) is 0 Å². The zero-order chi connectivity index (χ0) is 10.7. The van der Waals surface area contributed by atoms with Crippen molar-refractivity contribution in [2.45, 2.75) is 51.0 Å². The molecule has 14 heavy (non-hydrogen) atoms. The van der Waals surface area contributed by atoms with Gasteiger partial charge in [-0.25, -0.2) is 0 Å². The van der Waals surface area contributed by atoms with Crippen LogP contribution in [0.15, 0.2) is 0 Å². The fraction of sp³-hybridized carbons (Fsp3) is 1.00. The molecule has 0 saturated carbocycles. The number of hydrogen-bond acceptors (Lipinski definition) is 5. The number of aliphatic hydroxyl groups is 3. The second kappa shape index (κ2) is 5.04. The Morgan fingerprint density at radius 3 is 2.36 bits per heavy atom. The summed E-state index contributed by atoms with van der Waals surface area (Å²) >= 11 is 0. The van der Waals surface area contributed by atoms with Crippen LogP contribution in [0.5, 0.6) is 0 Å². The molecule has 2 unspecified atom stereocenters. The van der Waals surface area contributed by atoms with Crippen LogP contribution in [0.25, 0.3) is 0 Å². The summed E-state index contributed by atoms with van der Waals surface area (Å²) in [5.74, 6) is 0. The van der Waals surface area contributed by atoms with Gasteiger partial charge in [0.25, 0.3) is 0 Å². The summed E-state index contributed by atoms with van der Waals surface area (Å²) in [5.41, 5.74) is 0. The Morgan fingerprint density at radius 2 is 1.79 bits per heavy atom. The highest BCUT2D eigenvalue weighted by molar-refractivity contribution is 4.86. The van der Waals surface area contributed by atoms with Crippen molar-refractivity contribution in [1.82, 2.24) is 0 Å². The SMILES string of the molecule is CCCO[C@@H]1OC(C)C(O)[C@H](O)[C@@H]1O. The Kier molecular flexibility index (Phi) is 4.28. The largest absolute Gasteiger partial charge is 0.388 e. The average Bonchev–Trinajstić information content (AvgIpc) is 2.18. The van der Waals surface area contributed by atoms with Crippen molar-refractivity contribution < 1.29 is 24.8 Å². The number of ether oxygens (including phenoxy) is 2. The molecule has 1 aliphatic heterocycles. The number of rotatable bonds is 3. The molecular formula is C9H18O5. The summed E-state index contributed by atoms with van der Waals surface area (Å²) in [6.07, 6.45) is -4.03. The van der Waals surface area contributed by atoms with Crippen LogP contribution >= 0.6 is 0 Å². The minimum absolute atomic E-state index is 0.456. The molecular weight excluding hydrogens is 188 g/mol. The van der Waals surface area contributed by atoms with Gasteiger partial charge in [0.15, 0.2) is 6.29 Å². The Balaban J connectivity index is 2.52. The van der Waals surface area contributed by atoms with Crippen LogP contribution in [-0.2, 0) is 9.47 Å². The molecule has 5 heteroatoms. The standard InChI is InChI=1S/C9H18O5/c1-3-4-13-9-8(12)7(11)6(10)5(2)14-9/h5-12H,3-4H2,1-2H3/t5?,6?,7-,8-,9+/m0/s1. The molecule has 5 nitrogen and oxygen atoms in total. The number of hydrogen-bond donors (Lipinski definition) is 3. The van der Waals surface area contributed by atoms with Crippen molar-refractivity contribution in [2.75, 3.05) is 6.61 Å². The van der Waals surface area contributed by atoms with E-state index in [1.54, 1.807) is 6.92 Å². The lowest BCUT2D eigenvalue weighted by molar-refractivity contribution is -0.293. The molecule has 5 atom stereocenters. The lowest BCUT2D eigenvalue weighted by Gasteiger charge is -2.38. The highest BCUT2D eigenvalue weighted by Gasteiger charge is 2.42. The molecule has 1 fully saturated rings. The van der Waals surface area contributed by atoms with Gasteiger partial charge in [0.2, 0.25) is 0 Å². The minimum Gasteiger partial charge on any atom is -0.388 e. The Hall–Kier alpha value is -0.200. The molecule has 0 spiro atoms. The first kappa shape index (κ1) is 11.9. The van der Waals surface area contributed by atoms with Gasteiger partial charge < -0.3 is 24.8 Å². The van der Waals surface area contributed by atoms with Crippen molar-refractivity contribution in [3.63, 3.8) is 0 Å². The molecule has 3 N–H and O–H groups in total. The summed E-state index contributed by atoms with van der Waals surface area (Å²) in [5, 5.41) is 28.3. The summed E-state index contributed by atoms with van der Waals surface area (Å²) in [7, 11) is 0. The average molecular weight is 206 g/mol. The summed E-state index contributed by atoms with van der Waals surface area (Å²) < 4.78 is 10.4. The fourth-order valence-corrected chi connectivity index (χ4v) is 1.39. The third kappa shape index (κ3) is 2.43. The van der Waals surface area contributed by atoms with Gasteiger partial charge in [0.1, 0.15) is 18.3 Å². The zero-order valence-electron chi connectivity index (χ0n) is 8.46. The van der Waals surface area contributed by atoms with Crippen molar-refractivity contribution in [3.8, 4) is 0 Å². The van der Waals surface area contributed by atoms with Crippen molar-refractivity contribution in [3.05, 3.63) is 0 Å². The Labute approximate surface area is 83.3 Å². The predicted molar refractivity (Wildman–Crippen MR) is 48.6 cm³/mol. The topological polar surface area (TPSA) is 79.2 Å². The molecule has 1 rings (SSSR count). The van der Waals surface area contributed by atoms with E-state index in [0.717, 1.165) is 6.42 Å². The second-order valence-corrected chi connectivity index (χ2v) is 3.55. The van der Waals surface area contributed by atoms with Gasteiger partial charge in [-0.15, -0.1) is 0 Å². The van der Waals surface area contributed by atoms with Gasteiger partial charge >= 0.3 is 0 Å². The molecule has 1 aliphatic rings. The molecule has 84 valence electrons. The molecule has 0 aromatic heterocycles. The summed E-state index contributed by atoms with van der Waals surface area (Å²) in [6, 6.07) is 0. The normalized spacial score (nSPS) is 43.9. The lowest BCUT2D eigenvalue weighted by atomic mass is 10.0. The monoisotopic (exact) mass is 206 g/mol. The van der Waals surface area contributed by atoms with E-state index in [9.17, 15) is 15.3 Å². The summed E-state index contributed by atoms with van der Waals surface area (Å²) in [4.78, 5) is 0. The molecule has 1 saturated heterocycles. The first-order chi connectivity index (χ1) is 6.57. The van der Waals surface area contributed by atoms with Crippen molar-refractivity contribution in [1.29, 1.82) is 0 Å². The molecule has 0 bridgehead atoms. The van der Waals surface area contributed by atoms with Crippen LogP contribution in [0.1, 0.15) is 20.3 Å². The molecule has 0 aliphatic carbocycles. The molecule has 1 heterocycles. The zero-order valence-corrected chi connectivity index (χ0v) is 8.46. The van der Waals surface area contributed by atoms with E-state index >= 15 is 0 Å². The molecule has 0 aromatic carbocycles. The third-order valence-corrected chi connectivity index (χ3v) is 2.29. The van der Waals surface area contributed by atoms with Gasteiger partial charge in [-0.05, 0) is 13.3 Å². The van der Waals surface area contributed by atoms with E-state index in [-0.39, 0.29) is 0 Å². The first-order valence-corrected chi connectivity index (χ1v) is 4.89. The van der Waals surface area contributed by atoms with Gasteiger partial charge in [0, 0.05) is 6.61 Å². The van der Waals surface area contributed by atoms with Gasteiger partial charge in [0.05, 0.1) is 6.10 Å². The highest BCUT2D eigenvalue weighted by atomic mass is 16.7. The lowest BCUT2D eigenvalue weighted by Crippen LogP contribution is -2.57. The maximum Gasteiger partial charge on any atom is 0.186 e. The predicted octanol–water partition coefficient (Wildman–Crippen LogP) is -0.760. The maximum absolute atomic E-state index is 9.49. The quantitative estimate of drug-likeness (QED) is 0.565. The minimum atomic E-state index is -1.21. The number of aliphatic hydroxyl groups excluding tert-OH is 3. The smallest absolute Gasteiger partial charge is 0.186 e. The van der Waals surface area contributed by atoms with Crippen LogP contribution in [0.2, 0.25) is 0 Å². The molecule has 0 amide bonds. The Morgan fingerprint density at radius 1 is 1.14 bits per heavy atom. The van der Waals surface area contributed by atoms with E-state index in [1.165, 1.54) is 0 Å². The van der Waals surface area contributed by atoms with E-state index in [4.69, 9.17) is 9.47 Å². The molecule has 0 aromatic rings. The highest BCUT2D eigenvalue weighted by Crippen LogP contribution is 2.21. The van der Waals surface area contributed by atoms with Crippen LogP contribution in [-0.4, -0.2) is 52.6 Å². The van der Waals surface area contributed by atoms with Crippen LogP contribution in [0.4, 0.5) is 0 Å². The van der Waals surface area contributed by atoms with Gasteiger partial charge in [-0.2, -0.15) is 0 Å². The van der Waals surface area contributed by atoms with Crippen molar-refractivity contribution >= 4 is 0 Å². The van der Waals surface area contributed by atoms with Crippen molar-refractivity contribution in [2.24, 2.45) is 0 Å². The van der Waals surface area contributed by atoms with E-state index in [2.05, 4.69) is 0 Å². The Bertz CT molecular complexity index is 175. The maximum atomic E-state index is 9.49. The summed E-state index contributed by atoms with van der Waals surface area (Å²) in [6.45, 7) is 4.02. The van der Waals surface area contributed by atoms with Crippen LogP contribution < -0.4 is 0 Å². The van der Waals surface area contributed by atoms with Gasteiger partial charge in [-0.1, -0.05) is 6.92 Å². The third-order valence-electron chi connectivity index (χ3n) is 2.29.